The highest BCUT2D eigenvalue weighted by Gasteiger charge is 2.41. The second-order valence-corrected chi connectivity index (χ2v) is 13.2. The standard InChI is InChI=1S/C25H64N12O16/c26-42-9-22(10-43-27,11-44-28)5-38-1-21(2-39-6-23(12-45-29,13-46-30)14-47-31,3-40-7-24(15-48-32,16-49-33)17-50-34)4-41-8-25(18-51-35,19-52-36)20-53-37/h1-20,26-37H2. The van der Waals surface area contributed by atoms with Gasteiger partial charge in [-0.25, -0.2) is 70.8 Å². The molecule has 0 amide bonds. The van der Waals surface area contributed by atoms with Crippen LogP contribution in [0.15, 0.2) is 0 Å². The molecule has 0 aromatic carbocycles. The third-order valence-corrected chi connectivity index (χ3v) is 7.94. The Morgan fingerprint density at radius 3 is 0.358 bits per heavy atom. The number of nitrogens with two attached hydrogens (primary N) is 12. The summed E-state index contributed by atoms with van der Waals surface area (Å²) >= 11 is 0. The lowest BCUT2D eigenvalue weighted by atomic mass is 9.88. The van der Waals surface area contributed by atoms with Crippen molar-refractivity contribution in [3.63, 3.8) is 0 Å². The summed E-state index contributed by atoms with van der Waals surface area (Å²) < 4.78 is 25.0. The molecule has 0 aliphatic carbocycles. The molecule has 0 saturated heterocycles. The fraction of sp³-hybridized carbons (Fsp3) is 1.00. The van der Waals surface area contributed by atoms with Gasteiger partial charge in [0.2, 0.25) is 0 Å². The number of hydrogen-bond acceptors (Lipinski definition) is 28. The molecule has 24 N–H and O–H groups in total. The van der Waals surface area contributed by atoms with Crippen molar-refractivity contribution < 1.29 is 77.0 Å². The summed E-state index contributed by atoms with van der Waals surface area (Å²) in [5, 5.41) is 0. The van der Waals surface area contributed by atoms with Gasteiger partial charge in [-0.05, 0) is 0 Å². The fourth-order valence-corrected chi connectivity index (χ4v) is 5.31. The molecule has 0 bridgehead atoms. The van der Waals surface area contributed by atoms with E-state index >= 15 is 0 Å². The first-order chi connectivity index (χ1) is 25.6. The van der Waals surface area contributed by atoms with Gasteiger partial charge in [0.25, 0.3) is 0 Å². The van der Waals surface area contributed by atoms with Gasteiger partial charge in [-0.3, -0.25) is 0 Å². The van der Waals surface area contributed by atoms with Crippen molar-refractivity contribution in [2.45, 2.75) is 0 Å². The fourth-order valence-electron chi connectivity index (χ4n) is 5.31. The summed E-state index contributed by atoms with van der Waals surface area (Å²) in [5.74, 6) is 64.7. The Labute approximate surface area is 307 Å². The van der Waals surface area contributed by atoms with Crippen molar-refractivity contribution in [1.82, 2.24) is 0 Å². The highest BCUT2D eigenvalue weighted by molar-refractivity contribution is 4.87. The van der Waals surface area contributed by atoms with E-state index in [2.05, 4.69) is 0 Å². The van der Waals surface area contributed by atoms with E-state index in [1.165, 1.54) is 0 Å². The molecule has 0 rings (SSSR count). The maximum Gasteiger partial charge on any atom is 0.0803 e. The highest BCUT2D eigenvalue weighted by atomic mass is 16.7. The van der Waals surface area contributed by atoms with E-state index in [1.54, 1.807) is 0 Å². The van der Waals surface area contributed by atoms with Crippen molar-refractivity contribution in [3.05, 3.63) is 0 Å². The number of rotatable bonds is 40. The molecule has 0 aliphatic heterocycles. The van der Waals surface area contributed by atoms with Gasteiger partial charge in [-0.2, -0.15) is 0 Å². The van der Waals surface area contributed by atoms with Gasteiger partial charge in [-0.1, -0.05) is 0 Å². The molecule has 0 fully saturated rings. The Balaban J connectivity index is 6.90. The molecule has 0 unspecified atom stereocenters. The molecule has 0 saturated carbocycles. The van der Waals surface area contributed by atoms with Crippen LogP contribution in [0.25, 0.3) is 0 Å². The van der Waals surface area contributed by atoms with Crippen molar-refractivity contribution in [2.24, 2.45) is 97.8 Å². The molecule has 28 nitrogen and oxygen atoms in total. The summed E-state index contributed by atoms with van der Waals surface area (Å²) in [4.78, 5) is 58.6. The first-order valence-corrected chi connectivity index (χ1v) is 15.7. The van der Waals surface area contributed by atoms with Crippen LogP contribution < -0.4 is 70.8 Å². The molecule has 0 aromatic heterocycles. The topological polar surface area (TPSA) is 460 Å². The van der Waals surface area contributed by atoms with Crippen LogP contribution in [0.5, 0.6) is 0 Å². The molecule has 0 spiro atoms. The van der Waals surface area contributed by atoms with Crippen molar-refractivity contribution in [2.75, 3.05) is 132 Å². The first kappa shape index (κ1) is 51.9. The summed E-state index contributed by atoms with van der Waals surface area (Å²) in [5.41, 5.74) is -5.47. The molecule has 0 heterocycles. The minimum atomic E-state index is -1.21. The van der Waals surface area contributed by atoms with Crippen LogP contribution in [0.1, 0.15) is 0 Å². The Hall–Kier alpha value is -1.12. The zero-order valence-electron chi connectivity index (χ0n) is 30.1. The minimum Gasteiger partial charge on any atom is -0.380 e. The van der Waals surface area contributed by atoms with Crippen LogP contribution in [0.4, 0.5) is 0 Å². The SMILES string of the molecule is NOCC(CON)(CON)COCC(COCC(CON)(CON)CON)(COCC(CON)(CON)CON)COCC(CON)(CON)CON. The van der Waals surface area contributed by atoms with Gasteiger partial charge in [0.1, 0.15) is 0 Å². The largest absolute Gasteiger partial charge is 0.380 e. The summed E-state index contributed by atoms with van der Waals surface area (Å²) in [7, 11) is 0. The van der Waals surface area contributed by atoms with Crippen LogP contribution >= 0.6 is 0 Å². The van der Waals surface area contributed by atoms with Gasteiger partial charge in [0, 0.05) is 0 Å². The van der Waals surface area contributed by atoms with Crippen molar-refractivity contribution in [1.29, 1.82) is 0 Å². The maximum absolute atomic E-state index is 6.25. The normalized spacial score (nSPS) is 13.4. The lowest BCUT2D eigenvalue weighted by Crippen LogP contribution is -2.50. The molecule has 28 heteroatoms. The second kappa shape index (κ2) is 30.1. The van der Waals surface area contributed by atoms with Crippen molar-refractivity contribution >= 4 is 0 Å². The van der Waals surface area contributed by atoms with Gasteiger partial charge < -0.3 is 77.0 Å². The lowest BCUT2D eigenvalue weighted by Gasteiger charge is -2.39. The average Bonchev–Trinajstić information content (AvgIpc) is 3.10. The number of hydrogen-bond donors (Lipinski definition) is 12. The lowest BCUT2D eigenvalue weighted by molar-refractivity contribution is -0.177. The van der Waals surface area contributed by atoms with E-state index < -0.39 is 27.1 Å². The molecular weight excluding hydrogens is 724 g/mol. The van der Waals surface area contributed by atoms with E-state index in [0.29, 0.717) is 0 Å². The van der Waals surface area contributed by atoms with Gasteiger partial charge >= 0.3 is 0 Å². The van der Waals surface area contributed by atoms with E-state index in [0.717, 1.165) is 0 Å². The summed E-state index contributed by atoms with van der Waals surface area (Å²) in [6.07, 6.45) is 0. The Morgan fingerprint density at radius 1 is 0.170 bits per heavy atom. The predicted molar refractivity (Wildman–Crippen MR) is 177 cm³/mol. The summed E-state index contributed by atoms with van der Waals surface area (Å²) in [6.45, 7) is -2.62. The molecule has 53 heavy (non-hydrogen) atoms. The zero-order valence-corrected chi connectivity index (χ0v) is 30.1. The Kier molecular flexibility index (Phi) is 29.4. The van der Waals surface area contributed by atoms with Gasteiger partial charge in [-0.15, -0.1) is 0 Å². The number of ether oxygens (including phenoxy) is 4. The van der Waals surface area contributed by atoms with Gasteiger partial charge in [0.15, 0.2) is 0 Å². The van der Waals surface area contributed by atoms with Crippen LogP contribution in [0.2, 0.25) is 0 Å². The molecular formula is C25H64N12O16. The first-order valence-electron chi connectivity index (χ1n) is 15.7. The van der Waals surface area contributed by atoms with Crippen LogP contribution in [-0.2, 0) is 77.0 Å². The van der Waals surface area contributed by atoms with Crippen LogP contribution in [0, 0.1) is 27.1 Å². The van der Waals surface area contributed by atoms with Crippen LogP contribution in [0.3, 0.4) is 0 Å². The van der Waals surface area contributed by atoms with Crippen molar-refractivity contribution in [3.8, 4) is 0 Å². The van der Waals surface area contributed by atoms with E-state index in [-0.39, 0.29) is 132 Å². The third-order valence-electron chi connectivity index (χ3n) is 7.94. The van der Waals surface area contributed by atoms with E-state index in [4.69, 9.17) is 148 Å². The Bertz CT molecular complexity index is 667. The maximum atomic E-state index is 6.25. The van der Waals surface area contributed by atoms with Gasteiger partial charge in [0.05, 0.1) is 159 Å². The Morgan fingerprint density at radius 2 is 0.264 bits per heavy atom. The molecule has 0 radical (unpaired) electrons. The molecule has 0 aliphatic rings. The molecule has 0 aromatic rings. The third kappa shape index (κ3) is 19.5. The zero-order chi connectivity index (χ0) is 40.0. The van der Waals surface area contributed by atoms with E-state index in [1.807, 2.05) is 0 Å². The van der Waals surface area contributed by atoms with Crippen LogP contribution in [-0.4, -0.2) is 132 Å². The molecule has 320 valence electrons. The highest BCUT2D eigenvalue weighted by Crippen LogP contribution is 2.29. The second-order valence-electron chi connectivity index (χ2n) is 13.2. The molecule has 0 atom stereocenters. The predicted octanol–water partition coefficient (Wildman–Crippen LogP) is -7.33. The monoisotopic (exact) mass is 788 g/mol. The minimum absolute atomic E-state index is 0.118. The average molecular weight is 789 g/mol. The summed E-state index contributed by atoms with van der Waals surface area (Å²) in [6, 6.07) is 0. The quantitative estimate of drug-likeness (QED) is 0.0257. The smallest absolute Gasteiger partial charge is 0.0803 e. The van der Waals surface area contributed by atoms with E-state index in [9.17, 15) is 0 Å².